The standard InChI is InChI=1S/C23H28ClN3OS2/c1-14(2)20-27(19(28)16-9-11-17(24)12-10-16)21(23(4,5)30-20)26-22(29)25-18-8-6-7-15(3)13-18/h6-14,20-21H,1-5H3,(H2,25,26,29). The van der Waals surface area contributed by atoms with E-state index in [2.05, 4.69) is 38.3 Å². The largest absolute Gasteiger partial charge is 0.341 e. The zero-order valence-electron chi connectivity index (χ0n) is 17.9. The molecule has 0 bridgehead atoms. The molecule has 0 aromatic heterocycles. The number of nitrogens with one attached hydrogen (secondary N) is 2. The Morgan fingerprint density at radius 1 is 1.20 bits per heavy atom. The second-order valence-electron chi connectivity index (χ2n) is 8.45. The van der Waals surface area contributed by atoms with Crippen molar-refractivity contribution in [2.24, 2.45) is 5.92 Å². The number of rotatable bonds is 4. The lowest BCUT2D eigenvalue weighted by Crippen LogP contribution is -2.57. The van der Waals surface area contributed by atoms with Gasteiger partial charge in [0.15, 0.2) is 5.11 Å². The van der Waals surface area contributed by atoms with Gasteiger partial charge in [-0.1, -0.05) is 37.6 Å². The van der Waals surface area contributed by atoms with Crippen molar-refractivity contribution < 1.29 is 4.79 Å². The summed E-state index contributed by atoms with van der Waals surface area (Å²) in [5.41, 5.74) is 2.69. The molecule has 0 spiro atoms. The molecule has 2 atom stereocenters. The van der Waals surface area contributed by atoms with Crippen molar-refractivity contribution >= 4 is 52.3 Å². The molecule has 2 aromatic rings. The molecule has 1 aliphatic heterocycles. The van der Waals surface area contributed by atoms with Crippen molar-refractivity contribution in [2.75, 3.05) is 5.32 Å². The van der Waals surface area contributed by atoms with Gasteiger partial charge in [-0.3, -0.25) is 4.79 Å². The molecule has 30 heavy (non-hydrogen) atoms. The average Bonchev–Trinajstić information content (AvgIpc) is 2.93. The molecule has 0 saturated carbocycles. The highest BCUT2D eigenvalue weighted by molar-refractivity contribution is 8.01. The number of aryl methyl sites for hydroxylation is 1. The summed E-state index contributed by atoms with van der Waals surface area (Å²) in [7, 11) is 0. The van der Waals surface area contributed by atoms with E-state index in [-0.39, 0.29) is 28.1 Å². The summed E-state index contributed by atoms with van der Waals surface area (Å²) in [5, 5.41) is 7.81. The monoisotopic (exact) mass is 461 g/mol. The number of hydrogen-bond donors (Lipinski definition) is 2. The van der Waals surface area contributed by atoms with Crippen molar-refractivity contribution in [2.45, 2.75) is 50.9 Å². The van der Waals surface area contributed by atoms with Crippen molar-refractivity contribution in [1.82, 2.24) is 10.2 Å². The normalized spacial score (nSPS) is 20.3. The van der Waals surface area contributed by atoms with Crippen LogP contribution in [0.4, 0.5) is 5.69 Å². The molecular weight excluding hydrogens is 434 g/mol. The average molecular weight is 462 g/mol. The van der Waals surface area contributed by atoms with Crippen LogP contribution in [0.3, 0.4) is 0 Å². The predicted molar refractivity (Wildman–Crippen MR) is 132 cm³/mol. The summed E-state index contributed by atoms with van der Waals surface area (Å²) >= 11 is 13.4. The smallest absolute Gasteiger partial charge is 0.256 e. The lowest BCUT2D eigenvalue weighted by Gasteiger charge is -2.35. The number of halogens is 1. The second kappa shape index (κ2) is 9.16. The van der Waals surface area contributed by atoms with Crippen LogP contribution in [0.15, 0.2) is 48.5 Å². The maximum Gasteiger partial charge on any atom is 0.256 e. The van der Waals surface area contributed by atoms with E-state index in [1.807, 2.05) is 36.1 Å². The fraction of sp³-hybridized carbons (Fsp3) is 0.391. The third-order valence-corrected chi connectivity index (χ3v) is 7.39. The molecule has 7 heteroatoms. The van der Waals surface area contributed by atoms with E-state index in [1.165, 1.54) is 0 Å². The van der Waals surface area contributed by atoms with Crippen molar-refractivity contribution in [3.8, 4) is 0 Å². The van der Waals surface area contributed by atoms with Gasteiger partial charge in [0, 0.05) is 16.3 Å². The number of nitrogens with zero attached hydrogens (tertiary/aromatic N) is 1. The third-order valence-electron chi connectivity index (χ3n) is 5.08. The minimum atomic E-state index is -0.261. The lowest BCUT2D eigenvalue weighted by molar-refractivity contribution is 0.0605. The number of thioether (sulfide) groups is 1. The first-order chi connectivity index (χ1) is 14.1. The third kappa shape index (κ3) is 5.10. The van der Waals surface area contributed by atoms with Crippen LogP contribution in [0.5, 0.6) is 0 Å². The van der Waals surface area contributed by atoms with Crippen LogP contribution >= 0.6 is 35.6 Å². The molecular formula is C23H28ClN3OS2. The van der Waals surface area contributed by atoms with Gasteiger partial charge in [-0.25, -0.2) is 0 Å². The summed E-state index contributed by atoms with van der Waals surface area (Å²) in [6.45, 7) is 10.6. The highest BCUT2D eigenvalue weighted by atomic mass is 35.5. The van der Waals surface area contributed by atoms with Crippen molar-refractivity contribution in [3.05, 3.63) is 64.7 Å². The fourth-order valence-corrected chi connectivity index (χ4v) is 5.49. The van der Waals surface area contributed by atoms with Crippen LogP contribution in [0.25, 0.3) is 0 Å². The lowest BCUT2D eigenvalue weighted by atomic mass is 10.1. The summed E-state index contributed by atoms with van der Waals surface area (Å²) in [5.74, 6) is 0.259. The molecule has 1 fully saturated rings. The molecule has 2 N–H and O–H groups in total. The summed E-state index contributed by atoms with van der Waals surface area (Å²) in [6, 6.07) is 15.1. The Kier molecular flexibility index (Phi) is 7.00. The highest BCUT2D eigenvalue weighted by Crippen LogP contribution is 2.46. The molecule has 0 aliphatic carbocycles. The molecule has 1 amide bonds. The Morgan fingerprint density at radius 2 is 1.87 bits per heavy atom. The maximum atomic E-state index is 13.5. The predicted octanol–water partition coefficient (Wildman–Crippen LogP) is 5.91. The Balaban J connectivity index is 1.87. The van der Waals surface area contributed by atoms with Gasteiger partial charge in [-0.2, -0.15) is 0 Å². The van der Waals surface area contributed by atoms with Gasteiger partial charge in [0.1, 0.15) is 6.17 Å². The Morgan fingerprint density at radius 3 is 2.47 bits per heavy atom. The number of carbonyl (C=O) groups is 1. The van der Waals surface area contributed by atoms with Gasteiger partial charge in [0.25, 0.3) is 5.91 Å². The van der Waals surface area contributed by atoms with E-state index in [0.29, 0.717) is 15.7 Å². The van der Waals surface area contributed by atoms with E-state index in [9.17, 15) is 4.79 Å². The van der Waals surface area contributed by atoms with E-state index < -0.39 is 0 Å². The molecule has 4 nitrogen and oxygen atoms in total. The minimum absolute atomic E-state index is 0.0284. The van der Waals surface area contributed by atoms with Gasteiger partial charge in [0.05, 0.1) is 10.1 Å². The van der Waals surface area contributed by atoms with E-state index >= 15 is 0 Å². The number of anilines is 1. The van der Waals surface area contributed by atoms with E-state index in [1.54, 1.807) is 36.0 Å². The number of amides is 1. The number of benzene rings is 2. The molecule has 1 aliphatic rings. The number of hydrogen-bond acceptors (Lipinski definition) is 3. The van der Waals surface area contributed by atoms with E-state index in [4.69, 9.17) is 23.8 Å². The minimum Gasteiger partial charge on any atom is -0.341 e. The maximum absolute atomic E-state index is 13.5. The topological polar surface area (TPSA) is 44.4 Å². The molecule has 2 unspecified atom stereocenters. The van der Waals surface area contributed by atoms with Crippen LogP contribution in [0.2, 0.25) is 5.02 Å². The Bertz CT molecular complexity index is 930. The van der Waals surface area contributed by atoms with Crippen LogP contribution in [-0.4, -0.2) is 32.2 Å². The van der Waals surface area contributed by atoms with Gasteiger partial charge < -0.3 is 15.5 Å². The van der Waals surface area contributed by atoms with Crippen LogP contribution in [0, 0.1) is 12.8 Å². The summed E-state index contributed by atoms with van der Waals surface area (Å²) in [4.78, 5) is 15.5. The Hall–Kier alpha value is -1.76. The van der Waals surface area contributed by atoms with Crippen LogP contribution in [0.1, 0.15) is 43.6 Å². The number of thiocarbonyl (C=S) groups is 1. The zero-order chi connectivity index (χ0) is 22.1. The van der Waals surface area contributed by atoms with Gasteiger partial charge in [-0.05, 0) is 80.9 Å². The molecule has 1 saturated heterocycles. The summed E-state index contributed by atoms with van der Waals surface area (Å²) < 4.78 is -0.227. The molecule has 3 rings (SSSR count). The molecule has 0 radical (unpaired) electrons. The highest BCUT2D eigenvalue weighted by Gasteiger charge is 2.50. The second-order valence-corrected chi connectivity index (χ2v) is 11.1. The quantitative estimate of drug-likeness (QED) is 0.554. The van der Waals surface area contributed by atoms with Crippen LogP contribution < -0.4 is 10.6 Å². The van der Waals surface area contributed by atoms with Crippen LogP contribution in [-0.2, 0) is 0 Å². The van der Waals surface area contributed by atoms with Gasteiger partial charge in [0.2, 0.25) is 0 Å². The number of carbonyl (C=O) groups excluding carboxylic acids is 1. The zero-order valence-corrected chi connectivity index (χ0v) is 20.3. The molecule has 160 valence electrons. The first-order valence-electron chi connectivity index (χ1n) is 9.99. The van der Waals surface area contributed by atoms with E-state index in [0.717, 1.165) is 11.3 Å². The summed E-state index contributed by atoms with van der Waals surface area (Å²) in [6.07, 6.45) is -0.261. The Labute approximate surface area is 193 Å². The fourth-order valence-electron chi connectivity index (χ4n) is 3.60. The first kappa shape index (κ1) is 22.9. The first-order valence-corrected chi connectivity index (χ1v) is 11.7. The molecule has 1 heterocycles. The van der Waals surface area contributed by atoms with Crippen molar-refractivity contribution in [1.29, 1.82) is 0 Å². The van der Waals surface area contributed by atoms with Gasteiger partial charge >= 0.3 is 0 Å². The van der Waals surface area contributed by atoms with Crippen molar-refractivity contribution in [3.63, 3.8) is 0 Å². The van der Waals surface area contributed by atoms with Gasteiger partial charge in [-0.15, -0.1) is 11.8 Å². The SMILES string of the molecule is Cc1cccc(NC(=S)NC2N(C(=O)c3ccc(Cl)cc3)C(C(C)C)SC2(C)C)c1. The molecule has 2 aromatic carbocycles.